The van der Waals surface area contributed by atoms with Gasteiger partial charge >= 0.3 is 0 Å². The van der Waals surface area contributed by atoms with Crippen LogP contribution in [0, 0.1) is 15.9 Å². The molecule has 25 heavy (non-hydrogen) atoms. The molecule has 7 nitrogen and oxygen atoms in total. The molecule has 0 radical (unpaired) electrons. The first kappa shape index (κ1) is 16.3. The molecule has 0 spiro atoms. The Bertz CT molecular complexity index is 908. The first-order valence-electron chi connectivity index (χ1n) is 7.34. The lowest BCUT2D eigenvalue weighted by molar-refractivity contribution is -0.384. The fraction of sp³-hybridized carbons (Fsp3) is 0.0588. The van der Waals surface area contributed by atoms with E-state index >= 15 is 0 Å². The number of anilines is 1. The summed E-state index contributed by atoms with van der Waals surface area (Å²) in [4.78, 5) is 22.3. The predicted octanol–water partition coefficient (Wildman–Crippen LogP) is 3.23. The lowest BCUT2D eigenvalue weighted by Crippen LogP contribution is -2.13. The third-order valence-corrected chi connectivity index (χ3v) is 3.53. The Balaban J connectivity index is 1.73. The molecule has 0 aliphatic heterocycles. The molecule has 0 saturated heterocycles. The van der Waals surface area contributed by atoms with Gasteiger partial charge in [-0.3, -0.25) is 19.6 Å². The molecule has 0 unspecified atom stereocenters. The van der Waals surface area contributed by atoms with E-state index in [-0.39, 0.29) is 11.4 Å². The number of rotatable bonds is 5. The maximum atomic E-state index is 13.7. The fourth-order valence-electron chi connectivity index (χ4n) is 2.26. The number of amides is 1. The van der Waals surface area contributed by atoms with Crippen LogP contribution in [0.4, 0.5) is 15.8 Å². The highest BCUT2D eigenvalue weighted by molar-refractivity contribution is 6.04. The monoisotopic (exact) mass is 340 g/mol. The Kier molecular flexibility index (Phi) is 4.51. The number of nitro groups is 1. The minimum Gasteiger partial charge on any atom is -0.319 e. The smallest absolute Gasteiger partial charge is 0.271 e. The number of benzene rings is 2. The largest absolute Gasteiger partial charge is 0.319 e. The molecule has 1 amide bonds. The summed E-state index contributed by atoms with van der Waals surface area (Å²) in [5, 5.41) is 17.2. The Labute approximate surface area is 141 Å². The van der Waals surface area contributed by atoms with E-state index in [9.17, 15) is 19.3 Å². The van der Waals surface area contributed by atoms with Crippen molar-refractivity contribution in [3.8, 4) is 0 Å². The molecule has 0 fully saturated rings. The quantitative estimate of drug-likeness (QED) is 0.570. The van der Waals surface area contributed by atoms with Crippen LogP contribution in [0.15, 0.2) is 60.9 Å². The summed E-state index contributed by atoms with van der Waals surface area (Å²) >= 11 is 0. The summed E-state index contributed by atoms with van der Waals surface area (Å²) in [5.41, 5.74) is 0.725. The molecule has 2 aromatic carbocycles. The van der Waals surface area contributed by atoms with Crippen LogP contribution in [0.5, 0.6) is 0 Å². The van der Waals surface area contributed by atoms with Crippen molar-refractivity contribution >= 4 is 17.3 Å². The molecule has 1 aromatic heterocycles. The molecule has 3 aromatic rings. The van der Waals surface area contributed by atoms with E-state index in [0.717, 1.165) is 23.8 Å². The number of aromatic nitrogens is 2. The van der Waals surface area contributed by atoms with Gasteiger partial charge in [0.2, 0.25) is 0 Å². The van der Waals surface area contributed by atoms with Crippen molar-refractivity contribution in [3.63, 3.8) is 0 Å². The van der Waals surface area contributed by atoms with Gasteiger partial charge in [0.15, 0.2) is 0 Å². The number of hydrogen-bond donors (Lipinski definition) is 1. The van der Waals surface area contributed by atoms with Crippen molar-refractivity contribution in [2.75, 3.05) is 5.32 Å². The van der Waals surface area contributed by atoms with E-state index in [2.05, 4.69) is 10.4 Å². The third kappa shape index (κ3) is 3.86. The molecule has 126 valence electrons. The lowest BCUT2D eigenvalue weighted by Gasteiger charge is -2.07. The van der Waals surface area contributed by atoms with Crippen LogP contribution in [0.3, 0.4) is 0 Å². The van der Waals surface area contributed by atoms with Crippen molar-refractivity contribution in [1.82, 2.24) is 9.78 Å². The van der Waals surface area contributed by atoms with Crippen LogP contribution in [0.25, 0.3) is 0 Å². The van der Waals surface area contributed by atoms with E-state index in [1.807, 2.05) is 12.3 Å². The van der Waals surface area contributed by atoms with Gasteiger partial charge in [-0.1, -0.05) is 12.1 Å². The van der Waals surface area contributed by atoms with Crippen molar-refractivity contribution in [2.45, 2.75) is 6.54 Å². The van der Waals surface area contributed by atoms with E-state index in [0.29, 0.717) is 12.1 Å². The van der Waals surface area contributed by atoms with Crippen LogP contribution in [-0.2, 0) is 6.54 Å². The van der Waals surface area contributed by atoms with Crippen molar-refractivity contribution in [2.24, 2.45) is 0 Å². The molecule has 0 atom stereocenters. The van der Waals surface area contributed by atoms with Crippen molar-refractivity contribution in [3.05, 3.63) is 88.0 Å². The van der Waals surface area contributed by atoms with E-state index in [4.69, 9.17) is 0 Å². The summed E-state index contributed by atoms with van der Waals surface area (Å²) in [6.07, 6.45) is 3.50. The molecule has 8 heteroatoms. The summed E-state index contributed by atoms with van der Waals surface area (Å²) < 4.78 is 15.5. The van der Waals surface area contributed by atoms with Gasteiger partial charge in [0, 0.05) is 30.1 Å². The van der Waals surface area contributed by atoms with Crippen molar-refractivity contribution < 1.29 is 14.1 Å². The van der Waals surface area contributed by atoms with Gasteiger partial charge in [0.05, 0.1) is 17.2 Å². The first-order valence-corrected chi connectivity index (χ1v) is 7.34. The first-order chi connectivity index (χ1) is 12.0. The van der Waals surface area contributed by atoms with Crippen LogP contribution in [0.2, 0.25) is 0 Å². The molecule has 3 rings (SSSR count). The zero-order valence-corrected chi connectivity index (χ0v) is 12.9. The molecule has 0 aliphatic carbocycles. The maximum Gasteiger partial charge on any atom is 0.271 e. The minimum absolute atomic E-state index is 0.236. The Morgan fingerprint density at radius 2 is 2.00 bits per heavy atom. The normalized spacial score (nSPS) is 10.4. The van der Waals surface area contributed by atoms with Gasteiger partial charge in [-0.25, -0.2) is 4.39 Å². The number of nitrogens with one attached hydrogen (secondary N) is 1. The van der Waals surface area contributed by atoms with E-state index in [1.165, 1.54) is 0 Å². The molecule has 1 N–H and O–H groups in total. The number of carbonyl (C=O) groups is 1. The van der Waals surface area contributed by atoms with Crippen LogP contribution < -0.4 is 5.32 Å². The number of nitrogens with zero attached hydrogens (tertiary/aromatic N) is 3. The number of halogens is 1. The highest BCUT2D eigenvalue weighted by atomic mass is 19.1. The molecule has 0 saturated carbocycles. The number of hydrogen-bond acceptors (Lipinski definition) is 4. The van der Waals surface area contributed by atoms with Gasteiger partial charge in [0.1, 0.15) is 5.82 Å². The zero-order chi connectivity index (χ0) is 17.8. The van der Waals surface area contributed by atoms with Crippen LogP contribution in [-0.4, -0.2) is 20.6 Å². The predicted molar refractivity (Wildman–Crippen MR) is 88.8 cm³/mol. The topological polar surface area (TPSA) is 90.1 Å². The third-order valence-electron chi connectivity index (χ3n) is 3.53. The second kappa shape index (κ2) is 6.91. The van der Waals surface area contributed by atoms with Crippen molar-refractivity contribution in [1.29, 1.82) is 0 Å². The van der Waals surface area contributed by atoms with Gasteiger partial charge in [-0.2, -0.15) is 5.10 Å². The van der Waals surface area contributed by atoms with Crippen LogP contribution >= 0.6 is 0 Å². The summed E-state index contributed by atoms with van der Waals surface area (Å²) in [5.74, 6) is -1.29. The van der Waals surface area contributed by atoms with Gasteiger partial charge in [-0.05, 0) is 29.8 Å². The minimum atomic E-state index is -0.741. The average molecular weight is 340 g/mol. The second-order valence-electron chi connectivity index (χ2n) is 5.28. The molecule has 1 heterocycles. The van der Waals surface area contributed by atoms with E-state index < -0.39 is 16.6 Å². The standard InChI is InChI=1S/C17H13FN4O3/c18-15-7-6-14(22(24)25)10-16(15)20-17(23)13-4-2-12(3-5-13)11-21-9-1-8-19-21/h1-10H,11H2,(H,20,23). The number of carbonyl (C=O) groups excluding carboxylic acids is 1. The number of non-ortho nitro benzene ring substituents is 1. The van der Waals surface area contributed by atoms with Gasteiger partial charge < -0.3 is 5.32 Å². The second-order valence-corrected chi connectivity index (χ2v) is 5.28. The Hall–Kier alpha value is -3.55. The summed E-state index contributed by atoms with van der Waals surface area (Å²) in [6.45, 7) is 0.564. The zero-order valence-electron chi connectivity index (χ0n) is 12.9. The molecule has 0 bridgehead atoms. The summed E-state index contributed by atoms with van der Waals surface area (Å²) in [7, 11) is 0. The Morgan fingerprint density at radius 1 is 1.24 bits per heavy atom. The Morgan fingerprint density at radius 3 is 2.64 bits per heavy atom. The average Bonchev–Trinajstić information content (AvgIpc) is 3.10. The van der Waals surface area contributed by atoms with Crippen LogP contribution in [0.1, 0.15) is 15.9 Å². The van der Waals surface area contributed by atoms with E-state index in [1.54, 1.807) is 35.1 Å². The lowest BCUT2D eigenvalue weighted by atomic mass is 10.1. The number of nitro benzene ring substituents is 1. The van der Waals surface area contributed by atoms with Gasteiger partial charge in [0.25, 0.3) is 11.6 Å². The maximum absolute atomic E-state index is 13.7. The molecule has 0 aliphatic rings. The summed E-state index contributed by atoms with van der Waals surface area (Å²) in [6, 6.07) is 11.5. The fourth-order valence-corrected chi connectivity index (χ4v) is 2.26. The highest BCUT2D eigenvalue weighted by Gasteiger charge is 2.14. The SMILES string of the molecule is O=C(Nc1cc([N+](=O)[O-])ccc1F)c1ccc(Cn2cccn2)cc1. The molecular weight excluding hydrogens is 327 g/mol. The van der Waals surface area contributed by atoms with Gasteiger partial charge in [-0.15, -0.1) is 0 Å². The highest BCUT2D eigenvalue weighted by Crippen LogP contribution is 2.22. The molecular formula is C17H13FN4O3.